The highest BCUT2D eigenvalue weighted by atomic mass is 16.6. The summed E-state index contributed by atoms with van der Waals surface area (Å²) in [7, 11) is 9.85. The summed E-state index contributed by atoms with van der Waals surface area (Å²) in [6, 6.07) is 0. The minimum Gasteiger partial charge on any atom is -0.382 e. The van der Waals surface area contributed by atoms with E-state index < -0.39 is 0 Å². The van der Waals surface area contributed by atoms with Gasteiger partial charge in [-0.2, -0.15) is 0 Å². The predicted molar refractivity (Wildman–Crippen MR) is 69.1 cm³/mol. The molecular weight excluding hydrogens is 240 g/mol. The van der Waals surface area contributed by atoms with Gasteiger partial charge in [0.1, 0.15) is 12.2 Å². The van der Waals surface area contributed by atoms with Gasteiger partial charge in [0.05, 0.1) is 26.4 Å². The normalized spacial score (nSPS) is 10.7. The molecule has 112 valence electrons. The summed E-state index contributed by atoms with van der Waals surface area (Å²) in [6.45, 7) is 2.35. The molecule has 0 N–H and O–H groups in total. The van der Waals surface area contributed by atoms with E-state index in [1.165, 1.54) is 0 Å². The molecule has 0 rings (SSSR count). The molecule has 0 aliphatic carbocycles. The Morgan fingerprint density at radius 2 is 0.722 bits per heavy atom. The molecule has 0 fully saturated rings. The van der Waals surface area contributed by atoms with Crippen LogP contribution in [0, 0.1) is 0 Å². The topological polar surface area (TPSA) is 55.4 Å². The van der Waals surface area contributed by atoms with Crippen LogP contribution in [0.1, 0.15) is 0 Å². The summed E-state index contributed by atoms with van der Waals surface area (Å²) in [5.41, 5.74) is 0. The van der Waals surface area contributed by atoms with Crippen LogP contribution in [0.25, 0.3) is 0 Å². The third-order valence-corrected chi connectivity index (χ3v) is 2.08. The molecule has 0 aromatic heterocycles. The molecule has 0 saturated heterocycles. The minimum atomic E-state index is 0.0694. The van der Waals surface area contributed by atoms with Crippen LogP contribution < -0.4 is 0 Å². The molecular formula is C12H28O6. The summed E-state index contributed by atoms with van der Waals surface area (Å²) in [6.07, 6.45) is 0.139. The van der Waals surface area contributed by atoms with Crippen molar-refractivity contribution >= 4 is 0 Å². The van der Waals surface area contributed by atoms with Gasteiger partial charge in [0.15, 0.2) is 0 Å². The zero-order valence-electron chi connectivity index (χ0n) is 12.4. The van der Waals surface area contributed by atoms with E-state index in [9.17, 15) is 0 Å². The Morgan fingerprint density at radius 3 is 0.833 bits per heavy atom. The fraction of sp³-hybridized carbons (Fsp3) is 1.00. The highest BCUT2D eigenvalue weighted by Crippen LogP contribution is 1.90. The van der Waals surface area contributed by atoms with Crippen molar-refractivity contribution in [2.75, 3.05) is 69.1 Å². The lowest BCUT2D eigenvalue weighted by Crippen LogP contribution is -2.22. The van der Waals surface area contributed by atoms with Crippen molar-refractivity contribution in [2.24, 2.45) is 0 Å². The molecule has 0 unspecified atom stereocenters. The van der Waals surface area contributed by atoms with Crippen LogP contribution in [0.4, 0.5) is 0 Å². The van der Waals surface area contributed by atoms with Crippen LogP contribution >= 0.6 is 0 Å². The standard InChI is InChI=1S/2C6H14O3/c2*1-7-4-6(9-3)5-8-2/h2*6H,4-5H2,1-3H3. The lowest BCUT2D eigenvalue weighted by Gasteiger charge is -2.11. The van der Waals surface area contributed by atoms with E-state index in [1.54, 1.807) is 42.7 Å². The first-order chi connectivity index (χ1) is 8.69. The summed E-state index contributed by atoms with van der Waals surface area (Å²) >= 11 is 0. The van der Waals surface area contributed by atoms with Gasteiger partial charge in [0.2, 0.25) is 0 Å². The monoisotopic (exact) mass is 268 g/mol. The number of hydrogen-bond acceptors (Lipinski definition) is 6. The van der Waals surface area contributed by atoms with E-state index >= 15 is 0 Å². The van der Waals surface area contributed by atoms with Gasteiger partial charge < -0.3 is 28.4 Å². The third-order valence-electron chi connectivity index (χ3n) is 2.08. The fourth-order valence-corrected chi connectivity index (χ4v) is 1.11. The molecule has 18 heavy (non-hydrogen) atoms. The van der Waals surface area contributed by atoms with Gasteiger partial charge in [-0.1, -0.05) is 0 Å². The molecule has 0 amide bonds. The zero-order chi connectivity index (χ0) is 14.2. The molecule has 0 saturated carbocycles. The molecule has 0 aliphatic heterocycles. The van der Waals surface area contributed by atoms with E-state index in [-0.39, 0.29) is 12.2 Å². The van der Waals surface area contributed by atoms with Crippen LogP contribution in [0.2, 0.25) is 0 Å². The molecule has 0 aromatic rings. The first-order valence-electron chi connectivity index (χ1n) is 5.71. The number of methoxy groups -OCH3 is 6. The van der Waals surface area contributed by atoms with Crippen molar-refractivity contribution in [3.8, 4) is 0 Å². The van der Waals surface area contributed by atoms with Crippen molar-refractivity contribution in [3.63, 3.8) is 0 Å². The van der Waals surface area contributed by atoms with Gasteiger partial charge >= 0.3 is 0 Å². The Morgan fingerprint density at radius 1 is 0.500 bits per heavy atom. The maximum absolute atomic E-state index is 4.98. The first kappa shape index (κ1) is 20.1. The summed E-state index contributed by atoms with van der Waals surface area (Å²) < 4.78 is 29.3. The molecule has 0 bridgehead atoms. The van der Waals surface area contributed by atoms with E-state index in [0.29, 0.717) is 26.4 Å². The van der Waals surface area contributed by atoms with Crippen molar-refractivity contribution in [3.05, 3.63) is 0 Å². The quantitative estimate of drug-likeness (QED) is 0.578. The maximum atomic E-state index is 4.98. The van der Waals surface area contributed by atoms with Gasteiger partial charge in [0.25, 0.3) is 0 Å². The predicted octanol–water partition coefficient (Wildman–Crippen LogP) is 0.588. The second-order valence-corrected chi connectivity index (χ2v) is 3.54. The number of hydrogen-bond donors (Lipinski definition) is 0. The van der Waals surface area contributed by atoms with Gasteiger partial charge in [-0.05, 0) is 0 Å². The van der Waals surface area contributed by atoms with Gasteiger partial charge in [-0.15, -0.1) is 0 Å². The van der Waals surface area contributed by atoms with Crippen molar-refractivity contribution < 1.29 is 28.4 Å². The molecule has 0 heterocycles. The second kappa shape index (κ2) is 16.8. The van der Waals surface area contributed by atoms with Gasteiger partial charge in [-0.25, -0.2) is 0 Å². The van der Waals surface area contributed by atoms with E-state index in [0.717, 1.165) is 0 Å². The molecule has 6 nitrogen and oxygen atoms in total. The average Bonchev–Trinajstić information content (AvgIpc) is 2.39. The van der Waals surface area contributed by atoms with Crippen molar-refractivity contribution in [1.82, 2.24) is 0 Å². The number of ether oxygens (including phenoxy) is 6. The van der Waals surface area contributed by atoms with Crippen LogP contribution in [0.5, 0.6) is 0 Å². The fourth-order valence-electron chi connectivity index (χ4n) is 1.11. The van der Waals surface area contributed by atoms with Crippen LogP contribution in [-0.4, -0.2) is 81.3 Å². The summed E-state index contributed by atoms with van der Waals surface area (Å²) in [4.78, 5) is 0. The van der Waals surface area contributed by atoms with E-state index in [4.69, 9.17) is 28.4 Å². The summed E-state index contributed by atoms with van der Waals surface area (Å²) in [5, 5.41) is 0. The maximum Gasteiger partial charge on any atom is 0.104 e. The van der Waals surface area contributed by atoms with Crippen molar-refractivity contribution in [1.29, 1.82) is 0 Å². The Kier molecular flexibility index (Phi) is 18.7. The SMILES string of the molecule is COCC(COC)OC.COCC(COC)OC. The van der Waals surface area contributed by atoms with Crippen molar-refractivity contribution in [2.45, 2.75) is 12.2 Å². The van der Waals surface area contributed by atoms with Crippen LogP contribution in [0.15, 0.2) is 0 Å². The Bertz CT molecular complexity index is 117. The number of rotatable bonds is 10. The second-order valence-electron chi connectivity index (χ2n) is 3.54. The zero-order valence-corrected chi connectivity index (χ0v) is 12.4. The van der Waals surface area contributed by atoms with Crippen LogP contribution in [0.3, 0.4) is 0 Å². The lowest BCUT2D eigenvalue weighted by molar-refractivity contribution is -0.0178. The van der Waals surface area contributed by atoms with E-state index in [2.05, 4.69) is 0 Å². The first-order valence-corrected chi connectivity index (χ1v) is 5.71. The molecule has 0 aliphatic rings. The van der Waals surface area contributed by atoms with Crippen LogP contribution in [-0.2, 0) is 28.4 Å². The largest absolute Gasteiger partial charge is 0.382 e. The van der Waals surface area contributed by atoms with Gasteiger partial charge in [0, 0.05) is 42.7 Å². The average molecular weight is 268 g/mol. The van der Waals surface area contributed by atoms with Gasteiger partial charge in [-0.3, -0.25) is 0 Å². The Labute approximate surface area is 110 Å². The lowest BCUT2D eigenvalue weighted by atomic mass is 10.4. The molecule has 0 aromatic carbocycles. The molecule has 0 spiro atoms. The smallest absolute Gasteiger partial charge is 0.104 e. The Hall–Kier alpha value is -0.240. The third kappa shape index (κ3) is 13.8. The molecule has 0 radical (unpaired) electrons. The van der Waals surface area contributed by atoms with E-state index in [1.807, 2.05) is 0 Å². The molecule has 6 heteroatoms. The minimum absolute atomic E-state index is 0.0694. The summed E-state index contributed by atoms with van der Waals surface area (Å²) in [5.74, 6) is 0. The Balaban J connectivity index is 0. The highest BCUT2D eigenvalue weighted by Gasteiger charge is 2.04. The molecule has 0 atom stereocenters. The highest BCUT2D eigenvalue weighted by molar-refractivity contribution is 4.52.